The predicted molar refractivity (Wildman–Crippen MR) is 104 cm³/mol. The smallest absolute Gasteiger partial charge is 0.343 e. The van der Waals surface area contributed by atoms with Crippen molar-refractivity contribution in [3.05, 3.63) is 87.2 Å². The second-order valence-corrected chi connectivity index (χ2v) is 6.49. The first-order valence-electron chi connectivity index (χ1n) is 7.68. The lowest BCUT2D eigenvalue weighted by molar-refractivity contribution is 0.0734. The minimum Gasteiger partial charge on any atom is -0.444 e. The van der Waals surface area contributed by atoms with Gasteiger partial charge in [-0.25, -0.2) is 10.2 Å². The van der Waals surface area contributed by atoms with Gasteiger partial charge in [-0.3, -0.25) is 4.79 Å². The summed E-state index contributed by atoms with van der Waals surface area (Å²) < 4.78 is 10.9. The van der Waals surface area contributed by atoms with E-state index in [4.69, 9.17) is 20.8 Å². The topological polar surface area (TPSA) is 80.9 Å². The normalized spacial score (nSPS) is 10.7. The first-order valence-corrected chi connectivity index (χ1v) is 8.85. The molecule has 0 fully saturated rings. The van der Waals surface area contributed by atoms with Gasteiger partial charge in [-0.1, -0.05) is 17.7 Å². The Morgan fingerprint density at radius 1 is 1.11 bits per heavy atom. The molecule has 0 radical (unpaired) electrons. The van der Waals surface area contributed by atoms with Crippen LogP contribution in [0.5, 0.6) is 5.75 Å². The summed E-state index contributed by atoms with van der Waals surface area (Å²) in [4.78, 5) is 23.8. The maximum atomic E-state index is 12.1. The molecule has 1 heterocycles. The third-order valence-electron chi connectivity index (χ3n) is 3.33. The number of carbonyl (C=O) groups excluding carboxylic acids is 2. The summed E-state index contributed by atoms with van der Waals surface area (Å²) in [6, 6.07) is 16.3. The van der Waals surface area contributed by atoms with Crippen molar-refractivity contribution in [2.45, 2.75) is 0 Å². The standard InChI is InChI=1S/C19H12BrClN2O4/c20-17-9-8-16(27-17)18(24)23-22-11-12-4-6-15(7-5-12)26-19(25)13-2-1-3-14(21)10-13/h1-11H,(H,23,24)/b22-11+. The van der Waals surface area contributed by atoms with E-state index in [0.717, 1.165) is 0 Å². The minimum atomic E-state index is -0.504. The molecule has 0 aliphatic heterocycles. The minimum absolute atomic E-state index is 0.141. The molecule has 0 saturated heterocycles. The van der Waals surface area contributed by atoms with E-state index < -0.39 is 11.9 Å². The van der Waals surface area contributed by atoms with Crippen molar-refractivity contribution in [3.8, 4) is 5.75 Å². The summed E-state index contributed by atoms with van der Waals surface area (Å²) in [7, 11) is 0. The van der Waals surface area contributed by atoms with Crippen LogP contribution < -0.4 is 10.2 Å². The van der Waals surface area contributed by atoms with E-state index in [-0.39, 0.29) is 5.76 Å². The molecule has 8 heteroatoms. The van der Waals surface area contributed by atoms with Gasteiger partial charge in [0.25, 0.3) is 0 Å². The van der Waals surface area contributed by atoms with Gasteiger partial charge in [0.2, 0.25) is 0 Å². The number of benzene rings is 2. The van der Waals surface area contributed by atoms with Crippen molar-refractivity contribution < 1.29 is 18.7 Å². The highest BCUT2D eigenvalue weighted by atomic mass is 79.9. The van der Waals surface area contributed by atoms with Gasteiger partial charge in [0, 0.05) is 5.02 Å². The Bertz CT molecular complexity index is 999. The van der Waals surface area contributed by atoms with Crippen molar-refractivity contribution in [1.82, 2.24) is 5.43 Å². The van der Waals surface area contributed by atoms with Crippen molar-refractivity contribution in [3.63, 3.8) is 0 Å². The molecular weight excluding hydrogens is 436 g/mol. The second kappa shape index (κ2) is 8.66. The molecule has 0 spiro atoms. The monoisotopic (exact) mass is 446 g/mol. The molecule has 1 amide bonds. The molecule has 1 N–H and O–H groups in total. The number of hydrogen-bond donors (Lipinski definition) is 1. The average molecular weight is 448 g/mol. The number of nitrogens with one attached hydrogen (secondary N) is 1. The fraction of sp³-hybridized carbons (Fsp3) is 0. The Kier molecular flexibility index (Phi) is 6.05. The summed E-state index contributed by atoms with van der Waals surface area (Å²) in [6.07, 6.45) is 1.46. The zero-order valence-corrected chi connectivity index (χ0v) is 16.0. The third-order valence-corrected chi connectivity index (χ3v) is 3.99. The first-order chi connectivity index (χ1) is 13.0. The van der Waals surface area contributed by atoms with Crippen LogP contribution in [-0.2, 0) is 0 Å². The van der Waals surface area contributed by atoms with Crippen LogP contribution in [-0.4, -0.2) is 18.1 Å². The van der Waals surface area contributed by atoms with E-state index >= 15 is 0 Å². The molecule has 2 aromatic carbocycles. The number of hydrogen-bond acceptors (Lipinski definition) is 5. The molecule has 0 aliphatic rings. The van der Waals surface area contributed by atoms with Gasteiger partial charge in [0.05, 0.1) is 11.8 Å². The Hall–Kier alpha value is -2.90. The molecule has 3 aromatic rings. The van der Waals surface area contributed by atoms with E-state index in [0.29, 0.717) is 26.6 Å². The van der Waals surface area contributed by atoms with Crippen LogP contribution >= 0.6 is 27.5 Å². The van der Waals surface area contributed by atoms with Crippen molar-refractivity contribution in [1.29, 1.82) is 0 Å². The van der Waals surface area contributed by atoms with Gasteiger partial charge in [-0.2, -0.15) is 5.10 Å². The SMILES string of the molecule is O=C(Oc1ccc(/C=N/NC(=O)c2ccc(Br)o2)cc1)c1cccc(Cl)c1. The lowest BCUT2D eigenvalue weighted by Crippen LogP contribution is -2.16. The number of furan rings is 1. The summed E-state index contributed by atoms with van der Waals surface area (Å²) in [6.45, 7) is 0. The third kappa shape index (κ3) is 5.29. The number of amides is 1. The number of halogens is 2. The molecule has 1 aromatic heterocycles. The highest BCUT2D eigenvalue weighted by molar-refractivity contribution is 9.10. The summed E-state index contributed by atoms with van der Waals surface area (Å²) in [5, 5.41) is 4.31. The number of ether oxygens (including phenoxy) is 1. The average Bonchev–Trinajstić information content (AvgIpc) is 3.09. The lowest BCUT2D eigenvalue weighted by atomic mass is 10.2. The molecule has 0 aliphatic carbocycles. The Balaban J connectivity index is 1.57. The number of nitrogens with zero attached hydrogens (tertiary/aromatic N) is 1. The van der Waals surface area contributed by atoms with Crippen LogP contribution in [0.4, 0.5) is 0 Å². The van der Waals surface area contributed by atoms with Gasteiger partial charge in [-0.15, -0.1) is 0 Å². The quantitative estimate of drug-likeness (QED) is 0.266. The van der Waals surface area contributed by atoms with Crippen molar-refractivity contribution in [2.24, 2.45) is 5.10 Å². The molecule has 27 heavy (non-hydrogen) atoms. The maximum absolute atomic E-state index is 12.1. The lowest BCUT2D eigenvalue weighted by Gasteiger charge is -2.05. The molecule has 0 unspecified atom stereocenters. The zero-order valence-electron chi connectivity index (χ0n) is 13.7. The van der Waals surface area contributed by atoms with Crippen molar-refractivity contribution in [2.75, 3.05) is 0 Å². The van der Waals surface area contributed by atoms with Gasteiger partial charge in [0.15, 0.2) is 10.4 Å². The highest BCUT2D eigenvalue weighted by Gasteiger charge is 2.10. The summed E-state index contributed by atoms with van der Waals surface area (Å²) >= 11 is 8.98. The summed E-state index contributed by atoms with van der Waals surface area (Å²) in [5.41, 5.74) is 3.42. The van der Waals surface area contributed by atoms with Crippen LogP contribution in [0.25, 0.3) is 0 Å². The van der Waals surface area contributed by atoms with Crippen LogP contribution in [0.2, 0.25) is 5.02 Å². The largest absolute Gasteiger partial charge is 0.444 e. The van der Waals surface area contributed by atoms with Crippen LogP contribution in [0.3, 0.4) is 0 Å². The van der Waals surface area contributed by atoms with Gasteiger partial charge in [-0.05, 0) is 76.1 Å². The van der Waals surface area contributed by atoms with E-state index in [2.05, 4.69) is 26.5 Å². The van der Waals surface area contributed by atoms with Crippen LogP contribution in [0.15, 0.2) is 74.9 Å². The van der Waals surface area contributed by atoms with Crippen molar-refractivity contribution >= 4 is 45.6 Å². The molecule has 3 rings (SSSR count). The molecule has 0 bridgehead atoms. The van der Waals surface area contributed by atoms with E-state index in [1.165, 1.54) is 18.3 Å². The fourth-order valence-corrected chi connectivity index (χ4v) is 2.56. The first kappa shape index (κ1) is 18.9. The Labute approximate surface area is 167 Å². The maximum Gasteiger partial charge on any atom is 0.343 e. The molecule has 0 atom stereocenters. The van der Waals surface area contributed by atoms with E-state index in [9.17, 15) is 9.59 Å². The van der Waals surface area contributed by atoms with E-state index in [1.807, 2.05) is 0 Å². The number of hydrazone groups is 1. The number of carbonyl (C=O) groups is 2. The van der Waals surface area contributed by atoms with Crippen LogP contribution in [0.1, 0.15) is 26.5 Å². The Morgan fingerprint density at radius 3 is 2.56 bits per heavy atom. The molecule has 136 valence electrons. The fourth-order valence-electron chi connectivity index (χ4n) is 2.06. The van der Waals surface area contributed by atoms with Crippen LogP contribution in [0, 0.1) is 0 Å². The number of rotatable bonds is 5. The zero-order chi connectivity index (χ0) is 19.2. The number of esters is 1. The molecule has 0 saturated carbocycles. The van der Waals surface area contributed by atoms with Gasteiger partial charge in [0.1, 0.15) is 5.75 Å². The van der Waals surface area contributed by atoms with Gasteiger partial charge < -0.3 is 9.15 Å². The highest BCUT2D eigenvalue weighted by Crippen LogP contribution is 2.16. The molecule has 6 nitrogen and oxygen atoms in total. The second-order valence-electron chi connectivity index (χ2n) is 5.27. The predicted octanol–water partition coefficient (Wildman–Crippen LogP) is 4.68. The van der Waals surface area contributed by atoms with Gasteiger partial charge >= 0.3 is 11.9 Å². The van der Waals surface area contributed by atoms with E-state index in [1.54, 1.807) is 48.5 Å². The molecular formula is C19H12BrClN2O4. The summed E-state index contributed by atoms with van der Waals surface area (Å²) in [5.74, 6) is -0.455. The Morgan fingerprint density at radius 2 is 1.89 bits per heavy atom.